The lowest BCUT2D eigenvalue weighted by molar-refractivity contribution is -0.149. The molecule has 0 bridgehead atoms. The minimum atomic E-state index is -0.168. The molecule has 1 aromatic carbocycles. The molecule has 2 fully saturated rings. The standard InChI is InChI=1S/C20H24N2O3S/c1-13-10-22(19(23)20(2)8-9-20)11-17(25-13)18-21-15(12-26-18)14-6-4-5-7-16(14)24-3/h4-7,12-13,17H,8-11H2,1-3H3. The number of hydrogen-bond donors (Lipinski definition) is 0. The summed E-state index contributed by atoms with van der Waals surface area (Å²) < 4.78 is 11.6. The average molecular weight is 372 g/mol. The van der Waals surface area contributed by atoms with Crippen LogP contribution >= 0.6 is 11.3 Å². The molecule has 26 heavy (non-hydrogen) atoms. The molecule has 1 amide bonds. The summed E-state index contributed by atoms with van der Waals surface area (Å²) in [5.41, 5.74) is 1.71. The fraction of sp³-hybridized carbons (Fsp3) is 0.500. The molecule has 2 heterocycles. The molecule has 0 radical (unpaired) electrons. The Morgan fingerprint density at radius 1 is 1.35 bits per heavy atom. The van der Waals surface area contributed by atoms with Crippen LogP contribution < -0.4 is 4.74 Å². The lowest BCUT2D eigenvalue weighted by Crippen LogP contribution is -2.48. The summed E-state index contributed by atoms with van der Waals surface area (Å²) in [6, 6.07) is 7.87. The predicted octanol–water partition coefficient (Wildman–Crippen LogP) is 3.91. The van der Waals surface area contributed by atoms with Crippen molar-refractivity contribution in [2.24, 2.45) is 5.41 Å². The SMILES string of the molecule is COc1ccccc1-c1csc(C2CN(C(=O)C3(C)CC3)CC(C)O2)n1. The highest BCUT2D eigenvalue weighted by Crippen LogP contribution is 2.47. The molecule has 0 N–H and O–H groups in total. The Balaban J connectivity index is 1.55. The van der Waals surface area contributed by atoms with Crippen molar-refractivity contribution >= 4 is 17.2 Å². The average Bonchev–Trinajstić information content (AvgIpc) is 3.21. The number of amides is 1. The first-order valence-electron chi connectivity index (χ1n) is 9.04. The van der Waals surface area contributed by atoms with E-state index in [1.165, 1.54) is 0 Å². The monoisotopic (exact) mass is 372 g/mol. The van der Waals surface area contributed by atoms with E-state index in [0.29, 0.717) is 13.1 Å². The van der Waals surface area contributed by atoms with Gasteiger partial charge in [0.1, 0.15) is 16.9 Å². The van der Waals surface area contributed by atoms with Gasteiger partial charge >= 0.3 is 0 Å². The fourth-order valence-corrected chi connectivity index (χ4v) is 4.30. The van der Waals surface area contributed by atoms with E-state index in [2.05, 4.69) is 6.92 Å². The molecule has 138 valence electrons. The number of rotatable bonds is 4. The van der Waals surface area contributed by atoms with E-state index >= 15 is 0 Å². The van der Waals surface area contributed by atoms with Crippen LogP contribution in [0.3, 0.4) is 0 Å². The van der Waals surface area contributed by atoms with Crippen LogP contribution in [-0.2, 0) is 9.53 Å². The fourth-order valence-electron chi connectivity index (χ4n) is 3.45. The minimum Gasteiger partial charge on any atom is -0.496 e. The molecule has 1 saturated carbocycles. The van der Waals surface area contributed by atoms with Crippen LogP contribution in [0.4, 0.5) is 0 Å². The number of nitrogens with zero attached hydrogens (tertiary/aromatic N) is 2. The second kappa shape index (κ2) is 6.67. The van der Waals surface area contributed by atoms with Crippen molar-refractivity contribution in [3.63, 3.8) is 0 Å². The van der Waals surface area contributed by atoms with Crippen LogP contribution in [0, 0.1) is 5.41 Å². The predicted molar refractivity (Wildman–Crippen MR) is 101 cm³/mol. The topological polar surface area (TPSA) is 51.7 Å². The molecule has 2 aliphatic rings. The van der Waals surface area contributed by atoms with Crippen LogP contribution in [0.15, 0.2) is 29.6 Å². The summed E-state index contributed by atoms with van der Waals surface area (Å²) in [6.45, 7) is 5.33. The first kappa shape index (κ1) is 17.5. The van der Waals surface area contributed by atoms with Crippen LogP contribution in [0.25, 0.3) is 11.3 Å². The summed E-state index contributed by atoms with van der Waals surface area (Å²) in [5.74, 6) is 1.07. The van der Waals surface area contributed by atoms with E-state index in [1.54, 1.807) is 18.4 Å². The Kier molecular flexibility index (Phi) is 4.49. The molecule has 2 unspecified atom stereocenters. The molecule has 5 nitrogen and oxygen atoms in total. The molecule has 2 atom stereocenters. The van der Waals surface area contributed by atoms with E-state index in [4.69, 9.17) is 14.5 Å². The van der Waals surface area contributed by atoms with Crippen molar-refractivity contribution in [1.29, 1.82) is 0 Å². The van der Waals surface area contributed by atoms with Gasteiger partial charge in [0, 0.05) is 22.9 Å². The molecular weight excluding hydrogens is 348 g/mol. The van der Waals surface area contributed by atoms with Crippen molar-refractivity contribution in [3.05, 3.63) is 34.7 Å². The Morgan fingerprint density at radius 3 is 2.85 bits per heavy atom. The van der Waals surface area contributed by atoms with Gasteiger partial charge in [-0.2, -0.15) is 0 Å². The van der Waals surface area contributed by atoms with E-state index in [1.807, 2.05) is 41.5 Å². The van der Waals surface area contributed by atoms with Crippen LogP contribution in [0.2, 0.25) is 0 Å². The first-order chi connectivity index (χ1) is 12.5. The minimum absolute atomic E-state index is 0.0126. The normalized spacial score (nSPS) is 24.3. The number of carbonyl (C=O) groups excluding carboxylic acids is 1. The Morgan fingerprint density at radius 2 is 2.12 bits per heavy atom. The third-order valence-electron chi connectivity index (χ3n) is 5.24. The van der Waals surface area contributed by atoms with Gasteiger partial charge in [-0.1, -0.05) is 19.1 Å². The molecular formula is C20H24N2O3S. The van der Waals surface area contributed by atoms with Crippen molar-refractivity contribution in [2.75, 3.05) is 20.2 Å². The molecule has 1 aliphatic carbocycles. The van der Waals surface area contributed by atoms with E-state index in [-0.39, 0.29) is 23.5 Å². The summed E-state index contributed by atoms with van der Waals surface area (Å²) in [7, 11) is 1.67. The van der Waals surface area contributed by atoms with E-state index < -0.39 is 0 Å². The lowest BCUT2D eigenvalue weighted by atomic mass is 10.1. The Bertz CT molecular complexity index is 815. The zero-order valence-electron chi connectivity index (χ0n) is 15.4. The number of morpholine rings is 1. The molecule has 1 aromatic heterocycles. The van der Waals surface area contributed by atoms with Crippen LogP contribution in [0.1, 0.15) is 37.8 Å². The second-order valence-electron chi connectivity index (χ2n) is 7.48. The van der Waals surface area contributed by atoms with Gasteiger partial charge in [0.15, 0.2) is 0 Å². The summed E-state index contributed by atoms with van der Waals surface area (Å²) in [4.78, 5) is 19.5. The molecule has 0 spiro atoms. The molecule has 1 saturated heterocycles. The number of methoxy groups -OCH3 is 1. The van der Waals surface area contributed by atoms with Gasteiger partial charge in [0.2, 0.25) is 5.91 Å². The van der Waals surface area contributed by atoms with Crippen molar-refractivity contribution in [1.82, 2.24) is 9.88 Å². The maximum Gasteiger partial charge on any atom is 0.228 e. The van der Waals surface area contributed by atoms with Gasteiger partial charge in [0.05, 0.1) is 25.5 Å². The van der Waals surface area contributed by atoms with E-state index in [9.17, 15) is 4.79 Å². The highest BCUT2D eigenvalue weighted by Gasteiger charge is 2.48. The molecule has 6 heteroatoms. The van der Waals surface area contributed by atoms with Crippen LogP contribution in [0.5, 0.6) is 5.75 Å². The van der Waals surface area contributed by atoms with Gasteiger partial charge in [-0.3, -0.25) is 4.79 Å². The maximum atomic E-state index is 12.8. The molecule has 2 aromatic rings. The zero-order chi connectivity index (χ0) is 18.3. The number of carbonyl (C=O) groups is 1. The number of para-hydroxylation sites is 1. The summed E-state index contributed by atoms with van der Waals surface area (Å²) in [6.07, 6.45) is 1.84. The van der Waals surface area contributed by atoms with Gasteiger partial charge in [-0.25, -0.2) is 4.98 Å². The largest absolute Gasteiger partial charge is 0.496 e. The third-order valence-corrected chi connectivity index (χ3v) is 6.18. The number of ether oxygens (including phenoxy) is 2. The van der Waals surface area contributed by atoms with E-state index in [0.717, 1.165) is 34.9 Å². The second-order valence-corrected chi connectivity index (χ2v) is 8.37. The Hall–Kier alpha value is -1.92. The number of thiazole rings is 1. The maximum absolute atomic E-state index is 12.8. The highest BCUT2D eigenvalue weighted by molar-refractivity contribution is 7.10. The van der Waals surface area contributed by atoms with Crippen molar-refractivity contribution in [3.8, 4) is 17.0 Å². The third kappa shape index (κ3) is 3.23. The number of hydrogen-bond acceptors (Lipinski definition) is 5. The number of aromatic nitrogens is 1. The molecule has 1 aliphatic heterocycles. The first-order valence-corrected chi connectivity index (χ1v) is 9.92. The highest BCUT2D eigenvalue weighted by atomic mass is 32.1. The van der Waals surface area contributed by atoms with Gasteiger partial charge < -0.3 is 14.4 Å². The van der Waals surface area contributed by atoms with Crippen molar-refractivity contribution < 1.29 is 14.3 Å². The molecule has 4 rings (SSSR count). The zero-order valence-corrected chi connectivity index (χ0v) is 16.2. The number of benzene rings is 1. The van der Waals surface area contributed by atoms with Crippen molar-refractivity contribution in [2.45, 2.75) is 38.9 Å². The van der Waals surface area contributed by atoms with Gasteiger partial charge in [-0.05, 0) is 31.9 Å². The van der Waals surface area contributed by atoms with Crippen LogP contribution in [-0.4, -0.2) is 42.1 Å². The summed E-state index contributed by atoms with van der Waals surface area (Å²) >= 11 is 1.58. The summed E-state index contributed by atoms with van der Waals surface area (Å²) in [5, 5.41) is 2.95. The van der Waals surface area contributed by atoms with Gasteiger partial charge in [-0.15, -0.1) is 11.3 Å². The van der Waals surface area contributed by atoms with Gasteiger partial charge in [0.25, 0.3) is 0 Å². The quantitative estimate of drug-likeness (QED) is 0.817. The Labute approximate surface area is 157 Å². The lowest BCUT2D eigenvalue weighted by Gasteiger charge is -2.37. The smallest absolute Gasteiger partial charge is 0.228 e.